The summed E-state index contributed by atoms with van der Waals surface area (Å²) in [6.45, 7) is 0.387. The van der Waals surface area contributed by atoms with Crippen molar-refractivity contribution in [3.05, 3.63) is 82.4 Å². The molecule has 33 heavy (non-hydrogen) atoms. The van der Waals surface area contributed by atoms with E-state index in [-0.39, 0.29) is 12.5 Å². The predicted octanol–water partition coefficient (Wildman–Crippen LogP) is 6.34. The molecular formula is C27H21ClN2O3. The van der Waals surface area contributed by atoms with E-state index in [1.54, 1.807) is 0 Å². The SMILES string of the molecule is N#Cc1c2c(cc3cc(-c4cccc(-c5ccccc5)c4Cl)oc13)[C@H](NCCC(=O)O)CC2. The summed E-state index contributed by atoms with van der Waals surface area (Å²) in [5.41, 5.74) is 5.84. The number of nitrogens with one attached hydrogen (secondary N) is 1. The van der Waals surface area contributed by atoms with E-state index in [1.165, 1.54) is 0 Å². The number of halogens is 1. The highest BCUT2D eigenvalue weighted by molar-refractivity contribution is 6.36. The fraction of sp³-hybridized carbons (Fsp3) is 0.185. The number of carboxylic acids is 1. The van der Waals surface area contributed by atoms with Crippen LogP contribution in [0.1, 0.15) is 35.6 Å². The summed E-state index contributed by atoms with van der Waals surface area (Å²) in [6.07, 6.45) is 1.64. The first-order valence-corrected chi connectivity index (χ1v) is 11.2. The van der Waals surface area contributed by atoms with Gasteiger partial charge in [-0.3, -0.25) is 4.79 Å². The average Bonchev–Trinajstić information content (AvgIpc) is 3.42. The molecule has 5 rings (SSSR count). The van der Waals surface area contributed by atoms with Gasteiger partial charge >= 0.3 is 5.97 Å². The Morgan fingerprint density at radius 3 is 2.70 bits per heavy atom. The molecule has 0 saturated carbocycles. The number of benzene rings is 3. The van der Waals surface area contributed by atoms with Crippen molar-refractivity contribution in [2.24, 2.45) is 0 Å². The van der Waals surface area contributed by atoms with Gasteiger partial charge < -0.3 is 14.8 Å². The highest BCUT2D eigenvalue weighted by Crippen LogP contribution is 2.42. The van der Waals surface area contributed by atoms with E-state index in [0.717, 1.165) is 46.0 Å². The number of nitriles is 1. The van der Waals surface area contributed by atoms with Gasteiger partial charge in [0.05, 0.1) is 17.0 Å². The Bertz CT molecular complexity index is 1400. The summed E-state index contributed by atoms with van der Waals surface area (Å²) < 4.78 is 6.22. The molecule has 5 nitrogen and oxygen atoms in total. The van der Waals surface area contributed by atoms with Crippen molar-refractivity contribution in [1.82, 2.24) is 5.32 Å². The third kappa shape index (κ3) is 3.89. The summed E-state index contributed by atoms with van der Waals surface area (Å²) >= 11 is 6.80. The monoisotopic (exact) mass is 456 g/mol. The van der Waals surface area contributed by atoms with E-state index in [9.17, 15) is 10.1 Å². The Morgan fingerprint density at radius 1 is 1.15 bits per heavy atom. The molecule has 164 valence electrons. The number of carboxylic acid groups (broad SMARTS) is 1. The lowest BCUT2D eigenvalue weighted by Gasteiger charge is -2.13. The number of furan rings is 1. The van der Waals surface area contributed by atoms with Crippen molar-refractivity contribution < 1.29 is 14.3 Å². The van der Waals surface area contributed by atoms with Crippen LogP contribution < -0.4 is 5.32 Å². The number of carbonyl (C=O) groups is 1. The molecule has 1 heterocycles. The lowest BCUT2D eigenvalue weighted by atomic mass is 9.99. The Balaban J connectivity index is 1.57. The number of hydrogen-bond acceptors (Lipinski definition) is 4. The van der Waals surface area contributed by atoms with Gasteiger partial charge in [-0.05, 0) is 47.7 Å². The van der Waals surface area contributed by atoms with Gasteiger partial charge in [-0.25, -0.2) is 0 Å². The van der Waals surface area contributed by atoms with Crippen LogP contribution in [0.4, 0.5) is 0 Å². The zero-order valence-corrected chi connectivity index (χ0v) is 18.5. The highest BCUT2D eigenvalue weighted by atomic mass is 35.5. The van der Waals surface area contributed by atoms with Gasteiger partial charge in [-0.2, -0.15) is 5.26 Å². The number of hydrogen-bond donors (Lipinski definition) is 2. The molecule has 3 aromatic carbocycles. The van der Waals surface area contributed by atoms with E-state index < -0.39 is 5.97 Å². The van der Waals surface area contributed by atoms with Crippen LogP contribution in [-0.4, -0.2) is 17.6 Å². The highest BCUT2D eigenvalue weighted by Gasteiger charge is 2.28. The predicted molar refractivity (Wildman–Crippen MR) is 128 cm³/mol. The molecular weight excluding hydrogens is 436 g/mol. The van der Waals surface area contributed by atoms with Gasteiger partial charge in [-0.15, -0.1) is 0 Å². The minimum Gasteiger partial charge on any atom is -0.481 e. The van der Waals surface area contributed by atoms with Crippen molar-refractivity contribution in [3.63, 3.8) is 0 Å². The third-order valence-electron chi connectivity index (χ3n) is 6.20. The second-order valence-corrected chi connectivity index (χ2v) is 8.56. The summed E-state index contributed by atoms with van der Waals surface area (Å²) in [6, 6.07) is 22.1. The van der Waals surface area contributed by atoms with Gasteiger partial charge in [0, 0.05) is 29.1 Å². The average molecular weight is 457 g/mol. The van der Waals surface area contributed by atoms with Gasteiger partial charge in [0.25, 0.3) is 0 Å². The lowest BCUT2D eigenvalue weighted by molar-refractivity contribution is -0.136. The van der Waals surface area contributed by atoms with E-state index in [0.29, 0.717) is 28.5 Å². The Morgan fingerprint density at radius 2 is 1.94 bits per heavy atom. The molecule has 1 aliphatic rings. The fourth-order valence-electron chi connectivity index (χ4n) is 4.65. The molecule has 0 unspecified atom stereocenters. The van der Waals surface area contributed by atoms with Crippen molar-refractivity contribution in [2.75, 3.05) is 6.54 Å². The lowest BCUT2D eigenvalue weighted by Crippen LogP contribution is -2.22. The van der Waals surface area contributed by atoms with Crippen LogP contribution >= 0.6 is 11.6 Å². The normalized spacial score (nSPS) is 14.8. The first-order valence-electron chi connectivity index (χ1n) is 10.9. The summed E-state index contributed by atoms with van der Waals surface area (Å²) in [5.74, 6) is -0.216. The van der Waals surface area contributed by atoms with Crippen LogP contribution in [0.5, 0.6) is 0 Å². The molecule has 0 radical (unpaired) electrons. The van der Waals surface area contributed by atoms with Gasteiger partial charge in [0.1, 0.15) is 11.8 Å². The van der Waals surface area contributed by atoms with E-state index in [1.807, 2.05) is 54.6 Å². The van der Waals surface area contributed by atoms with Gasteiger partial charge in [-0.1, -0.05) is 54.1 Å². The maximum atomic E-state index is 10.9. The van der Waals surface area contributed by atoms with Gasteiger partial charge in [0.15, 0.2) is 5.58 Å². The van der Waals surface area contributed by atoms with Crippen molar-refractivity contribution in [2.45, 2.75) is 25.3 Å². The molecule has 0 amide bonds. The third-order valence-corrected chi connectivity index (χ3v) is 6.61. The van der Waals surface area contributed by atoms with Crippen molar-refractivity contribution >= 4 is 28.5 Å². The molecule has 1 aromatic heterocycles. The second kappa shape index (κ2) is 8.74. The molecule has 0 spiro atoms. The number of aliphatic carboxylic acids is 1. The maximum absolute atomic E-state index is 10.9. The Labute approximate surface area is 196 Å². The Kier molecular flexibility index (Phi) is 5.63. The smallest absolute Gasteiger partial charge is 0.304 e. The Hall–Kier alpha value is -3.59. The van der Waals surface area contributed by atoms with Crippen LogP contribution in [0.2, 0.25) is 5.02 Å². The summed E-state index contributed by atoms with van der Waals surface area (Å²) in [5, 5.41) is 23.6. The molecule has 4 aromatic rings. The topological polar surface area (TPSA) is 86.3 Å². The van der Waals surface area contributed by atoms with E-state index >= 15 is 0 Å². The molecule has 0 bridgehead atoms. The molecule has 0 aliphatic heterocycles. The minimum atomic E-state index is -0.831. The molecule has 2 N–H and O–H groups in total. The van der Waals surface area contributed by atoms with Crippen molar-refractivity contribution in [3.8, 4) is 28.5 Å². The zero-order valence-electron chi connectivity index (χ0n) is 17.8. The first kappa shape index (κ1) is 21.3. The van der Waals surface area contributed by atoms with Crippen LogP contribution in [-0.2, 0) is 11.2 Å². The largest absolute Gasteiger partial charge is 0.481 e. The molecule has 1 atom stereocenters. The van der Waals surface area contributed by atoms with E-state index in [2.05, 4.69) is 17.5 Å². The maximum Gasteiger partial charge on any atom is 0.304 e. The van der Waals surface area contributed by atoms with Crippen LogP contribution in [0.25, 0.3) is 33.4 Å². The summed E-state index contributed by atoms with van der Waals surface area (Å²) in [7, 11) is 0. The quantitative estimate of drug-likeness (QED) is 0.353. The number of fused-ring (bicyclic) bond motifs is 2. The molecule has 0 fully saturated rings. The second-order valence-electron chi connectivity index (χ2n) is 8.18. The fourth-order valence-corrected chi connectivity index (χ4v) is 4.98. The standard InChI is InChI=1S/C27H21ClN2O3/c28-26-18(16-5-2-1-3-6-16)7-4-8-20(26)24-14-17-13-21-19(22(15-29)27(17)33-24)9-10-23(21)30-12-11-25(31)32/h1-8,13-14,23,30H,9-12H2,(H,31,32)/t23-/m1/s1. The molecule has 1 aliphatic carbocycles. The van der Waals surface area contributed by atoms with E-state index in [4.69, 9.17) is 21.1 Å². The minimum absolute atomic E-state index is 0.0270. The van der Waals surface area contributed by atoms with Crippen LogP contribution in [0.3, 0.4) is 0 Å². The zero-order chi connectivity index (χ0) is 22.9. The first-order chi connectivity index (χ1) is 16.1. The van der Waals surface area contributed by atoms with Gasteiger partial charge in [0.2, 0.25) is 0 Å². The van der Waals surface area contributed by atoms with Crippen LogP contribution in [0.15, 0.2) is 65.1 Å². The van der Waals surface area contributed by atoms with Crippen LogP contribution in [0, 0.1) is 11.3 Å². The number of rotatable bonds is 6. The number of nitrogens with zero attached hydrogens (tertiary/aromatic N) is 1. The molecule has 0 saturated heterocycles. The van der Waals surface area contributed by atoms with Crippen molar-refractivity contribution in [1.29, 1.82) is 5.26 Å². The molecule has 6 heteroatoms. The summed E-state index contributed by atoms with van der Waals surface area (Å²) in [4.78, 5) is 10.9.